The number of benzene rings is 1. The minimum Gasteiger partial charge on any atom is -0.496 e. The molecular weight excluding hydrogens is 250 g/mol. The van der Waals surface area contributed by atoms with E-state index in [1.807, 2.05) is 24.4 Å². The lowest BCUT2D eigenvalue weighted by Gasteiger charge is -2.36. The van der Waals surface area contributed by atoms with Crippen LogP contribution >= 0.6 is 0 Å². The van der Waals surface area contributed by atoms with Gasteiger partial charge in [0.15, 0.2) is 0 Å². The first kappa shape index (κ1) is 13.2. The van der Waals surface area contributed by atoms with E-state index in [2.05, 4.69) is 16.0 Å². The van der Waals surface area contributed by atoms with E-state index in [-0.39, 0.29) is 0 Å². The summed E-state index contributed by atoms with van der Waals surface area (Å²) in [5, 5.41) is 2.26. The van der Waals surface area contributed by atoms with Gasteiger partial charge in [-0.15, -0.1) is 0 Å². The van der Waals surface area contributed by atoms with Crippen LogP contribution in [0.2, 0.25) is 0 Å². The summed E-state index contributed by atoms with van der Waals surface area (Å²) in [6.45, 7) is 1.72. The highest BCUT2D eigenvalue weighted by molar-refractivity contribution is 5.96. The molecule has 0 saturated carbocycles. The summed E-state index contributed by atoms with van der Waals surface area (Å²) in [6.07, 6.45) is 5.48. The number of piperidine rings is 1. The highest BCUT2D eigenvalue weighted by Crippen LogP contribution is 2.33. The lowest BCUT2D eigenvalue weighted by atomic mass is 10.0. The number of anilines is 1. The second-order valence-electron chi connectivity index (χ2n) is 5.27. The van der Waals surface area contributed by atoms with Crippen LogP contribution in [0.1, 0.15) is 19.3 Å². The van der Waals surface area contributed by atoms with Gasteiger partial charge in [-0.05, 0) is 31.4 Å². The predicted octanol–water partition coefficient (Wildman–Crippen LogP) is 2.56. The van der Waals surface area contributed by atoms with E-state index in [1.165, 1.54) is 12.8 Å². The maximum atomic E-state index is 5.94. The molecule has 0 spiro atoms. The van der Waals surface area contributed by atoms with Gasteiger partial charge in [-0.25, -0.2) is 4.98 Å². The summed E-state index contributed by atoms with van der Waals surface area (Å²) in [6, 6.07) is 8.53. The molecule has 1 aromatic heterocycles. The number of nitrogens with zero attached hydrogens (tertiary/aromatic N) is 2. The number of pyridine rings is 1. The number of rotatable bonds is 3. The van der Waals surface area contributed by atoms with Gasteiger partial charge in [0.1, 0.15) is 11.6 Å². The molecule has 3 rings (SSSR count). The van der Waals surface area contributed by atoms with Gasteiger partial charge >= 0.3 is 0 Å². The molecule has 0 amide bonds. The van der Waals surface area contributed by atoms with E-state index in [1.54, 1.807) is 7.11 Å². The average Bonchev–Trinajstić information content (AvgIpc) is 2.53. The third kappa shape index (κ3) is 2.20. The zero-order valence-corrected chi connectivity index (χ0v) is 11.9. The van der Waals surface area contributed by atoms with Crippen LogP contribution in [0.5, 0.6) is 5.75 Å². The molecule has 20 heavy (non-hydrogen) atoms. The van der Waals surface area contributed by atoms with Gasteiger partial charge in [0.2, 0.25) is 0 Å². The van der Waals surface area contributed by atoms with E-state index in [9.17, 15) is 0 Å². The molecule has 1 fully saturated rings. The van der Waals surface area contributed by atoms with Crippen molar-refractivity contribution in [2.24, 2.45) is 5.73 Å². The Bertz CT molecular complexity index is 599. The van der Waals surface area contributed by atoms with Crippen molar-refractivity contribution in [2.45, 2.75) is 25.3 Å². The number of hydrogen-bond acceptors (Lipinski definition) is 4. The molecule has 0 radical (unpaired) electrons. The number of hydrogen-bond donors (Lipinski definition) is 1. The van der Waals surface area contributed by atoms with Crippen LogP contribution in [0.15, 0.2) is 30.5 Å². The molecule has 2 heterocycles. The fourth-order valence-electron chi connectivity index (χ4n) is 3.09. The molecule has 1 aromatic carbocycles. The third-order valence-electron chi connectivity index (χ3n) is 4.14. The zero-order chi connectivity index (χ0) is 13.9. The molecule has 1 aliphatic heterocycles. The quantitative estimate of drug-likeness (QED) is 0.932. The van der Waals surface area contributed by atoms with Gasteiger partial charge in [-0.2, -0.15) is 0 Å². The van der Waals surface area contributed by atoms with Gasteiger partial charge < -0.3 is 15.4 Å². The standard InChI is InChI=1S/C16H21N3O/c1-20-15-7-4-6-14-13(15)8-9-18-16(14)19-10-3-2-5-12(19)11-17/h4,6-9,12H,2-3,5,10-11,17H2,1H3. The second kappa shape index (κ2) is 5.67. The molecular formula is C16H21N3O. The van der Waals surface area contributed by atoms with E-state index in [4.69, 9.17) is 10.5 Å². The van der Waals surface area contributed by atoms with Crippen LogP contribution in [0, 0.1) is 0 Å². The average molecular weight is 271 g/mol. The molecule has 1 atom stereocenters. The molecule has 106 valence electrons. The summed E-state index contributed by atoms with van der Waals surface area (Å²) >= 11 is 0. The molecule has 2 N–H and O–H groups in total. The van der Waals surface area contributed by atoms with Gasteiger partial charge in [-0.3, -0.25) is 0 Å². The van der Waals surface area contributed by atoms with E-state index < -0.39 is 0 Å². The maximum absolute atomic E-state index is 5.94. The summed E-state index contributed by atoms with van der Waals surface area (Å²) in [7, 11) is 1.71. The van der Waals surface area contributed by atoms with Crippen molar-refractivity contribution in [3.8, 4) is 5.75 Å². The minimum absolute atomic E-state index is 0.396. The Hall–Kier alpha value is -1.81. The Morgan fingerprint density at radius 3 is 3.00 bits per heavy atom. The number of fused-ring (bicyclic) bond motifs is 1. The Balaban J connectivity index is 2.11. The van der Waals surface area contributed by atoms with Gasteiger partial charge in [-0.1, -0.05) is 12.1 Å². The molecule has 4 heteroatoms. The van der Waals surface area contributed by atoms with Crippen LogP contribution in [0.3, 0.4) is 0 Å². The van der Waals surface area contributed by atoms with Crippen molar-refractivity contribution in [1.29, 1.82) is 0 Å². The maximum Gasteiger partial charge on any atom is 0.136 e. The topological polar surface area (TPSA) is 51.4 Å². The van der Waals surface area contributed by atoms with Gasteiger partial charge in [0.05, 0.1) is 7.11 Å². The zero-order valence-electron chi connectivity index (χ0n) is 11.9. The number of ether oxygens (including phenoxy) is 1. The normalized spacial score (nSPS) is 19.3. The smallest absolute Gasteiger partial charge is 0.136 e. The van der Waals surface area contributed by atoms with Crippen molar-refractivity contribution in [1.82, 2.24) is 4.98 Å². The Morgan fingerprint density at radius 2 is 2.20 bits per heavy atom. The Morgan fingerprint density at radius 1 is 1.30 bits per heavy atom. The third-order valence-corrected chi connectivity index (χ3v) is 4.14. The monoisotopic (exact) mass is 271 g/mol. The highest BCUT2D eigenvalue weighted by Gasteiger charge is 2.24. The Labute approximate surface area is 119 Å². The van der Waals surface area contributed by atoms with Crippen LogP contribution in [-0.2, 0) is 0 Å². The van der Waals surface area contributed by atoms with Gasteiger partial charge in [0.25, 0.3) is 0 Å². The van der Waals surface area contributed by atoms with Crippen LogP contribution in [-0.4, -0.2) is 31.2 Å². The van der Waals surface area contributed by atoms with Crippen molar-refractivity contribution in [3.05, 3.63) is 30.5 Å². The van der Waals surface area contributed by atoms with Gasteiger partial charge in [0, 0.05) is 36.1 Å². The first-order valence-corrected chi connectivity index (χ1v) is 7.23. The number of methoxy groups -OCH3 is 1. The van der Waals surface area contributed by atoms with Crippen LogP contribution in [0.4, 0.5) is 5.82 Å². The van der Waals surface area contributed by atoms with Crippen molar-refractivity contribution < 1.29 is 4.74 Å². The van der Waals surface area contributed by atoms with Crippen LogP contribution < -0.4 is 15.4 Å². The lowest BCUT2D eigenvalue weighted by molar-refractivity contribution is 0.419. The van der Waals surface area contributed by atoms with E-state index in [0.717, 1.165) is 35.3 Å². The Kier molecular flexibility index (Phi) is 3.74. The molecule has 0 bridgehead atoms. The van der Waals surface area contributed by atoms with E-state index in [0.29, 0.717) is 12.6 Å². The van der Waals surface area contributed by atoms with Crippen molar-refractivity contribution in [2.75, 3.05) is 25.1 Å². The lowest BCUT2D eigenvalue weighted by Crippen LogP contribution is -2.44. The van der Waals surface area contributed by atoms with Crippen LogP contribution in [0.25, 0.3) is 10.8 Å². The first-order valence-electron chi connectivity index (χ1n) is 7.23. The highest BCUT2D eigenvalue weighted by atomic mass is 16.5. The molecule has 4 nitrogen and oxygen atoms in total. The molecule has 0 aliphatic carbocycles. The fraction of sp³-hybridized carbons (Fsp3) is 0.438. The second-order valence-corrected chi connectivity index (χ2v) is 5.27. The summed E-state index contributed by atoms with van der Waals surface area (Å²) in [5.41, 5.74) is 5.94. The number of nitrogens with two attached hydrogens (primary N) is 1. The minimum atomic E-state index is 0.396. The summed E-state index contributed by atoms with van der Waals surface area (Å²) in [5.74, 6) is 1.93. The predicted molar refractivity (Wildman–Crippen MR) is 82.3 cm³/mol. The molecule has 2 aromatic rings. The van der Waals surface area contributed by atoms with Crippen molar-refractivity contribution in [3.63, 3.8) is 0 Å². The first-order chi connectivity index (χ1) is 9.85. The molecule has 1 aliphatic rings. The summed E-state index contributed by atoms with van der Waals surface area (Å²) in [4.78, 5) is 6.99. The SMILES string of the molecule is COc1cccc2c(N3CCCCC3CN)nccc12. The van der Waals surface area contributed by atoms with E-state index >= 15 is 0 Å². The largest absolute Gasteiger partial charge is 0.496 e. The van der Waals surface area contributed by atoms with Crippen molar-refractivity contribution >= 4 is 16.6 Å². The summed E-state index contributed by atoms with van der Waals surface area (Å²) < 4.78 is 5.45. The molecule has 1 saturated heterocycles. The molecule has 1 unspecified atom stereocenters. The number of aromatic nitrogens is 1. The fourth-order valence-corrected chi connectivity index (χ4v) is 3.09.